The van der Waals surface area contributed by atoms with E-state index in [2.05, 4.69) is 24.3 Å². The van der Waals surface area contributed by atoms with Gasteiger partial charge in [-0.2, -0.15) is 0 Å². The lowest BCUT2D eigenvalue weighted by Gasteiger charge is -2.03. The van der Waals surface area contributed by atoms with Crippen LogP contribution in [0.3, 0.4) is 0 Å². The number of fused-ring (bicyclic) bond motifs is 1. The second-order valence-electron chi connectivity index (χ2n) is 5.37. The lowest BCUT2D eigenvalue weighted by molar-refractivity contribution is 0.105. The first-order valence-electron chi connectivity index (χ1n) is 6.79. The Morgan fingerprint density at radius 1 is 0.895 bits per heavy atom. The van der Waals surface area contributed by atoms with Gasteiger partial charge in [-0.1, -0.05) is 48.5 Å². The number of carbonyl (C=O) groups is 1. The van der Waals surface area contributed by atoms with Gasteiger partial charge in [-0.05, 0) is 41.5 Å². The summed E-state index contributed by atoms with van der Waals surface area (Å²) in [7, 11) is 0. The van der Waals surface area contributed by atoms with Gasteiger partial charge < -0.3 is 0 Å². The maximum absolute atomic E-state index is 12.4. The Balaban J connectivity index is 1.72. The predicted octanol–water partition coefficient (Wildman–Crippen LogP) is 4.30. The minimum Gasteiger partial charge on any atom is -0.289 e. The van der Waals surface area contributed by atoms with Crippen molar-refractivity contribution < 1.29 is 4.79 Å². The van der Waals surface area contributed by atoms with E-state index in [1.165, 1.54) is 18.4 Å². The number of Topliss-reactive ketones (excluding diaryl/α,β-unsaturated/α-hetero) is 1. The van der Waals surface area contributed by atoms with Crippen LogP contribution in [0.1, 0.15) is 45.8 Å². The molecule has 1 saturated carbocycles. The van der Waals surface area contributed by atoms with E-state index in [4.69, 9.17) is 0 Å². The third-order valence-electron chi connectivity index (χ3n) is 4.02. The molecule has 2 aliphatic carbocycles. The van der Waals surface area contributed by atoms with Crippen LogP contribution < -0.4 is 0 Å². The summed E-state index contributed by atoms with van der Waals surface area (Å²) in [6, 6.07) is 16.3. The van der Waals surface area contributed by atoms with Gasteiger partial charge in [0.2, 0.25) is 0 Å². The molecule has 0 bridgehead atoms. The average Bonchev–Trinajstić information content (AvgIpc) is 3.25. The van der Waals surface area contributed by atoms with Crippen LogP contribution in [0.4, 0.5) is 0 Å². The highest BCUT2D eigenvalue weighted by Crippen LogP contribution is 2.40. The van der Waals surface area contributed by atoms with Gasteiger partial charge in [0.05, 0.1) is 0 Å². The zero-order valence-corrected chi connectivity index (χ0v) is 10.6. The molecule has 0 radical (unpaired) electrons. The van der Waals surface area contributed by atoms with Crippen molar-refractivity contribution in [1.82, 2.24) is 0 Å². The lowest BCUT2D eigenvalue weighted by Crippen LogP contribution is -1.98. The minimum atomic E-state index is 0.148. The monoisotopic (exact) mass is 246 g/mol. The third kappa shape index (κ3) is 1.74. The summed E-state index contributed by atoms with van der Waals surface area (Å²) in [6.45, 7) is 0. The van der Waals surface area contributed by atoms with Crippen LogP contribution in [0, 0.1) is 0 Å². The molecule has 0 amide bonds. The van der Waals surface area contributed by atoms with Crippen molar-refractivity contribution in [2.75, 3.05) is 0 Å². The Kier molecular flexibility index (Phi) is 2.22. The van der Waals surface area contributed by atoms with E-state index in [1.807, 2.05) is 30.3 Å². The molecule has 2 aliphatic rings. The quantitative estimate of drug-likeness (QED) is 0.772. The lowest BCUT2D eigenvalue weighted by atomic mass is 10.00. The van der Waals surface area contributed by atoms with E-state index in [1.54, 1.807) is 0 Å². The smallest absolute Gasteiger partial charge is 0.194 e. The van der Waals surface area contributed by atoms with Crippen LogP contribution >= 0.6 is 0 Å². The van der Waals surface area contributed by atoms with Crippen LogP contribution in [-0.2, 0) is 0 Å². The van der Waals surface area contributed by atoms with Gasteiger partial charge in [0.15, 0.2) is 5.78 Å². The first-order valence-corrected chi connectivity index (χ1v) is 6.79. The molecule has 2 aromatic carbocycles. The average molecular weight is 246 g/mol. The van der Waals surface area contributed by atoms with Crippen molar-refractivity contribution in [3.05, 3.63) is 70.8 Å². The van der Waals surface area contributed by atoms with Gasteiger partial charge in [0.1, 0.15) is 0 Å². The van der Waals surface area contributed by atoms with E-state index in [9.17, 15) is 4.79 Å². The Morgan fingerprint density at radius 3 is 2.32 bits per heavy atom. The van der Waals surface area contributed by atoms with Gasteiger partial charge in [-0.25, -0.2) is 0 Å². The Hall–Kier alpha value is -2.15. The highest BCUT2D eigenvalue weighted by molar-refractivity contribution is 6.37. The summed E-state index contributed by atoms with van der Waals surface area (Å²) in [4.78, 5) is 12.4. The largest absolute Gasteiger partial charge is 0.289 e. The molecular formula is C18H14O. The van der Waals surface area contributed by atoms with Gasteiger partial charge >= 0.3 is 0 Å². The van der Waals surface area contributed by atoms with E-state index in [0.29, 0.717) is 0 Å². The van der Waals surface area contributed by atoms with E-state index < -0.39 is 0 Å². The molecule has 92 valence electrons. The second-order valence-corrected chi connectivity index (χ2v) is 5.37. The normalized spacial score (nSPS) is 17.3. The number of rotatable bonds is 2. The number of allylic oxidation sites excluding steroid dienone is 1. The van der Waals surface area contributed by atoms with E-state index in [0.717, 1.165) is 28.2 Å². The molecule has 4 rings (SSSR count). The highest BCUT2D eigenvalue weighted by atomic mass is 16.1. The number of hydrogen-bond donors (Lipinski definition) is 0. The zero-order chi connectivity index (χ0) is 12.8. The summed E-state index contributed by atoms with van der Waals surface area (Å²) in [5.41, 5.74) is 5.12. The summed E-state index contributed by atoms with van der Waals surface area (Å²) in [5.74, 6) is 0.911. The van der Waals surface area contributed by atoms with Gasteiger partial charge in [0, 0.05) is 11.1 Å². The number of hydrogen-bond acceptors (Lipinski definition) is 1. The maximum Gasteiger partial charge on any atom is 0.194 e. The second kappa shape index (κ2) is 3.92. The van der Waals surface area contributed by atoms with Crippen molar-refractivity contribution in [3.8, 4) is 0 Å². The summed E-state index contributed by atoms with van der Waals surface area (Å²) in [5, 5.41) is 0. The Labute approximate surface area is 112 Å². The molecule has 0 saturated heterocycles. The van der Waals surface area contributed by atoms with Crippen molar-refractivity contribution in [3.63, 3.8) is 0 Å². The molecule has 0 spiro atoms. The molecule has 0 unspecified atom stereocenters. The topological polar surface area (TPSA) is 17.1 Å². The van der Waals surface area contributed by atoms with Crippen molar-refractivity contribution in [2.24, 2.45) is 0 Å². The molecule has 19 heavy (non-hydrogen) atoms. The first kappa shape index (κ1) is 10.7. The zero-order valence-electron chi connectivity index (χ0n) is 10.6. The van der Waals surface area contributed by atoms with E-state index >= 15 is 0 Å². The summed E-state index contributed by atoms with van der Waals surface area (Å²) < 4.78 is 0. The molecule has 0 atom stereocenters. The summed E-state index contributed by atoms with van der Waals surface area (Å²) in [6.07, 6.45) is 4.63. The van der Waals surface area contributed by atoms with Crippen LogP contribution in [0.15, 0.2) is 48.5 Å². The van der Waals surface area contributed by atoms with Gasteiger partial charge in [-0.3, -0.25) is 4.79 Å². The van der Waals surface area contributed by atoms with Crippen molar-refractivity contribution in [1.29, 1.82) is 0 Å². The Bertz CT molecular complexity index is 688. The van der Waals surface area contributed by atoms with Crippen LogP contribution in [0.25, 0.3) is 11.6 Å². The predicted molar refractivity (Wildman–Crippen MR) is 77.1 cm³/mol. The number of ketones is 1. The SMILES string of the molecule is O=C1C(c2ccc(C3CC3)cc2)=Cc2ccccc21. The molecule has 0 aliphatic heterocycles. The highest BCUT2D eigenvalue weighted by Gasteiger charge is 2.25. The summed E-state index contributed by atoms with van der Waals surface area (Å²) >= 11 is 0. The molecule has 1 heteroatoms. The van der Waals surface area contributed by atoms with Gasteiger partial charge in [-0.15, -0.1) is 0 Å². The van der Waals surface area contributed by atoms with Crippen molar-refractivity contribution >= 4 is 17.4 Å². The molecule has 1 nitrogen and oxygen atoms in total. The number of carbonyl (C=O) groups excluding carboxylic acids is 1. The molecule has 0 heterocycles. The molecule has 2 aromatic rings. The Morgan fingerprint density at radius 2 is 1.63 bits per heavy atom. The standard InChI is InChI=1S/C18H14O/c19-18-16-4-2-1-3-15(16)11-17(18)14-9-7-13(8-10-14)12-5-6-12/h1-4,7-12H,5-6H2. The number of benzene rings is 2. The molecule has 1 fully saturated rings. The van der Waals surface area contributed by atoms with Crippen LogP contribution in [-0.4, -0.2) is 5.78 Å². The molecular weight excluding hydrogens is 232 g/mol. The van der Waals surface area contributed by atoms with E-state index in [-0.39, 0.29) is 5.78 Å². The van der Waals surface area contributed by atoms with Crippen LogP contribution in [0.5, 0.6) is 0 Å². The maximum atomic E-state index is 12.4. The molecule has 0 N–H and O–H groups in total. The fourth-order valence-electron chi connectivity index (χ4n) is 2.76. The van der Waals surface area contributed by atoms with Crippen LogP contribution in [0.2, 0.25) is 0 Å². The van der Waals surface area contributed by atoms with Crippen molar-refractivity contribution in [2.45, 2.75) is 18.8 Å². The fourth-order valence-corrected chi connectivity index (χ4v) is 2.76. The fraction of sp³-hybridized carbons (Fsp3) is 0.167. The first-order chi connectivity index (χ1) is 9.33. The third-order valence-corrected chi connectivity index (χ3v) is 4.02. The van der Waals surface area contributed by atoms with Gasteiger partial charge in [0.25, 0.3) is 0 Å². The minimum absolute atomic E-state index is 0.148. The molecule has 0 aromatic heterocycles.